The van der Waals surface area contributed by atoms with Crippen LogP contribution in [0.3, 0.4) is 0 Å². The number of nitrogens with zero attached hydrogens (tertiary/aromatic N) is 2. The van der Waals surface area contributed by atoms with Crippen LogP contribution in [0.4, 0.5) is 13.2 Å². The van der Waals surface area contributed by atoms with Crippen LogP contribution in [0, 0.1) is 57.2 Å². The van der Waals surface area contributed by atoms with Crippen LogP contribution >= 0.6 is 34.9 Å². The van der Waals surface area contributed by atoms with Gasteiger partial charge >= 0.3 is 62.6 Å². The van der Waals surface area contributed by atoms with Crippen LogP contribution < -0.4 is 37.3 Å². The first-order valence-corrected chi connectivity index (χ1v) is 50.3. The first-order chi connectivity index (χ1) is 58.3. The van der Waals surface area contributed by atoms with Crippen LogP contribution in [0.2, 0.25) is 12.6 Å². The van der Waals surface area contributed by atoms with Gasteiger partial charge in [0.05, 0.1) is 0 Å². The molecule has 1 saturated heterocycles. The molecule has 5 fully saturated rings. The molecule has 123 heavy (non-hydrogen) atoms. The molecule has 650 valence electrons. The third kappa shape index (κ3) is 26.9. The number of benzene rings is 6. The van der Waals surface area contributed by atoms with Gasteiger partial charge in [0, 0.05) is 129 Å². The molecule has 25 heteroatoms. The molecular formula is C98H115BCl2F3N2Na2O11P2PdS-. The van der Waals surface area contributed by atoms with Gasteiger partial charge in [0.2, 0.25) is 0 Å². The van der Waals surface area contributed by atoms with Crippen LogP contribution in [-0.2, 0) is 63.7 Å². The van der Waals surface area contributed by atoms with Gasteiger partial charge in [-0.25, -0.2) is 5.26 Å². The first kappa shape index (κ1) is 103. The standard InChI is InChI=1S/C26H33NO2.C22H29F3O5S.2C18H15P.C9H14BN.C4H8O.CHO3.2ClH.2Na.Pd/c1-17(28)29-20-10-12-25(2)19(15-20)6-7-21-23-9-8-22(18-5-4-14-27-16-18)26(23,3)13-11-24(21)25;1-13(26)29-15-8-10-20(2)14(12-15)4-5-16-17-6-7-19(21(17,3)11-9-18(16)20)30-31(27,28)22(23,24)25;2*1-4-10-16(11-5-1)19(17-12-6-2-7-13-17)18-14-8-3-9-15-18;1-3-10(4-2)9-6-5-7-11-8-9;1-2-4-5-3-1;2-1-4-3;;;;;/h4-6,8,14,16,20-21,23-24H,7,9-13,15H2,1-3H3;4,7,15-18H,5-6,8-12H2,1-3H3;2*1-15H;5-8H,3-4H2,1-2H3;1-4H2;3H;2*1H;;;/q;;;;;;-1;;;;;+2/p-2/t20-,21?,23?,24?,25-,26+;15-,16?,17?,18?,20-,21-;;;;;;;;;;/m00........../s1. The smallest absolute Gasteiger partial charge is 0 e. The summed E-state index contributed by atoms with van der Waals surface area (Å²) in [5.74, 6) is 2.48. The number of rotatable bonds is 15. The molecule has 6 aromatic carbocycles. The van der Waals surface area contributed by atoms with Gasteiger partial charge in [0.15, 0.2) is 6.71 Å². The zero-order valence-electron chi connectivity index (χ0n) is 72.5. The predicted molar refractivity (Wildman–Crippen MR) is 495 cm³/mol. The molecule has 0 spiro atoms. The number of pyridine rings is 2. The zero-order chi connectivity index (χ0) is 86.6. The molecular weight excluding hydrogens is 1770 g/mol. The van der Waals surface area contributed by atoms with Crippen molar-refractivity contribution in [1.29, 1.82) is 0 Å². The maximum atomic E-state index is 12.9. The van der Waals surface area contributed by atoms with Gasteiger partial charge in [-0.1, -0.05) is 283 Å². The average molecular weight is 1880 g/mol. The number of hydrogen-bond acceptors (Lipinski definition) is 13. The van der Waals surface area contributed by atoms with E-state index in [1.807, 2.05) is 37.8 Å². The van der Waals surface area contributed by atoms with Gasteiger partial charge in [0.1, 0.15) is 18.0 Å². The number of aromatic nitrogens is 2. The summed E-state index contributed by atoms with van der Waals surface area (Å²) in [5.41, 5.74) is 1.50. The Balaban J connectivity index is 0.000000189. The van der Waals surface area contributed by atoms with Crippen LogP contribution in [0.1, 0.15) is 164 Å². The Bertz CT molecular complexity index is 4490. The van der Waals surface area contributed by atoms with Crippen LogP contribution in [0.25, 0.3) is 5.57 Å². The van der Waals surface area contributed by atoms with E-state index in [0.29, 0.717) is 25.5 Å². The minimum Gasteiger partial charge on any atom is -0.0622 e. The van der Waals surface area contributed by atoms with E-state index in [1.54, 1.807) is 11.6 Å². The van der Waals surface area contributed by atoms with E-state index >= 15 is 0 Å². The second kappa shape index (κ2) is 50.0. The van der Waals surface area contributed by atoms with Crippen molar-refractivity contribution in [2.45, 2.75) is 188 Å². The van der Waals surface area contributed by atoms with E-state index in [0.717, 1.165) is 88.8 Å². The summed E-state index contributed by atoms with van der Waals surface area (Å²) in [6, 6.07) is 73.1. The van der Waals surface area contributed by atoms with Crippen molar-refractivity contribution in [1.82, 2.24) is 9.97 Å². The van der Waals surface area contributed by atoms with Crippen LogP contribution in [0.15, 0.2) is 272 Å². The van der Waals surface area contributed by atoms with Gasteiger partial charge < -0.3 is 28.1 Å². The summed E-state index contributed by atoms with van der Waals surface area (Å²) in [4.78, 5) is 42.6. The quantitative estimate of drug-likeness (QED) is 0.00981. The molecule has 12 atom stereocenters. The summed E-state index contributed by atoms with van der Waals surface area (Å²) < 4.78 is 82.5. The number of carbonyl (C=O) groups excluding carboxylic acids is 3. The molecule has 3 heterocycles. The van der Waals surface area contributed by atoms with Crippen molar-refractivity contribution in [3.8, 4) is 0 Å². The number of halogens is 5. The monoisotopic (exact) mass is 1880 g/mol. The largest absolute Gasteiger partial charge is 0.0622 e. The Hall–Kier alpha value is -5.38. The summed E-state index contributed by atoms with van der Waals surface area (Å²) >= 11 is -0.106. The second-order valence-electron chi connectivity index (χ2n) is 33.3. The van der Waals surface area contributed by atoms with Crippen molar-refractivity contribution in [3.05, 3.63) is 278 Å². The van der Waals surface area contributed by atoms with Crippen molar-refractivity contribution in [3.63, 3.8) is 0 Å². The maximum absolute atomic E-state index is 12.9. The van der Waals surface area contributed by atoms with Gasteiger partial charge in [-0.2, -0.15) is 21.6 Å². The summed E-state index contributed by atoms with van der Waals surface area (Å²) in [5, 5.41) is 15.3. The minimum absolute atomic E-state index is 0. The van der Waals surface area contributed by atoms with Crippen molar-refractivity contribution >= 4 is 172 Å². The van der Waals surface area contributed by atoms with E-state index in [4.69, 9.17) is 43.3 Å². The third-order valence-electron chi connectivity index (χ3n) is 26.4. The molecule has 1 aliphatic heterocycles. The van der Waals surface area contributed by atoms with Gasteiger partial charge in [0.25, 0.3) is 0 Å². The topological polar surface area (TPSA) is 178 Å². The molecule has 2 aromatic heterocycles. The fraction of sp³-hybridized carbons (Fsp3) is 0.418. The van der Waals surface area contributed by atoms with E-state index in [2.05, 4.69) is 272 Å². The number of fused-ring (bicyclic) bond motifs is 10. The number of hydrogen-bond donors (Lipinski definition) is 1. The predicted octanol–water partition coefficient (Wildman–Crippen LogP) is 20.9. The van der Waals surface area contributed by atoms with Crippen LogP contribution in [0.5, 0.6) is 0 Å². The number of alkyl halides is 3. The van der Waals surface area contributed by atoms with Gasteiger partial charge in [-0.15, -0.1) is 0 Å². The van der Waals surface area contributed by atoms with Crippen molar-refractivity contribution in [2.75, 3.05) is 13.2 Å². The second-order valence-corrected chi connectivity index (χ2v) is 41.6. The summed E-state index contributed by atoms with van der Waals surface area (Å²) in [6.07, 6.45) is 34.8. The Morgan fingerprint density at radius 2 is 0.886 bits per heavy atom. The molecule has 8 aliphatic carbocycles. The molecule has 17 rings (SSSR count). The van der Waals surface area contributed by atoms with E-state index in [-0.39, 0.29) is 133 Å². The SMILES string of the molecule is C1CCOC1.CC(=O)O[C@H]1CC[C@@]2(C)C(=CCC3C2CC[C@]2(C)C(OS(=O)(=O)C(F)(F)F)=CCC32)C1.CC(=O)O[C@H]1CC[C@@]2(C)C(=CCC3C2CC[C@]2(C)C(c4cccnc4)=CCC32)C1.CCB(CC)c1cccnc1.O=[C-]OO.[Cl][Pd][Cl].[Na].[Na].c1ccc(P(c2ccccc2)c2ccccc2)cc1.c1ccc(P(c2ccccc2)c2ccccc2)cc1. The van der Waals surface area contributed by atoms with Crippen molar-refractivity contribution < 1.29 is 80.5 Å². The number of allylic oxidation sites excluding steroid dienone is 6. The van der Waals surface area contributed by atoms with Crippen molar-refractivity contribution in [2.24, 2.45) is 57.2 Å². The Morgan fingerprint density at radius 3 is 1.21 bits per heavy atom. The van der Waals surface area contributed by atoms with E-state index in [1.165, 1.54) is 119 Å². The summed E-state index contributed by atoms with van der Waals surface area (Å²) in [7, 11) is 3.07. The first-order valence-electron chi connectivity index (χ1n) is 42.2. The normalized spacial score (nSPS) is 25.2. The molecule has 6 unspecified atom stereocenters. The summed E-state index contributed by atoms with van der Waals surface area (Å²) in [6.45, 7) is 20.0. The van der Waals surface area contributed by atoms with Crippen LogP contribution in [-0.4, -0.2) is 139 Å². The molecule has 0 amide bonds. The molecule has 13 nitrogen and oxygen atoms in total. The average Bonchev–Trinajstić information content (AvgIpc) is 1.65. The number of ether oxygens (including phenoxy) is 3. The molecule has 8 aromatic rings. The Kier molecular flexibility index (Phi) is 41.8. The maximum Gasteiger partial charge on any atom is 0 e. The molecule has 0 bridgehead atoms. The molecule has 4 saturated carbocycles. The zero-order valence-corrected chi connectivity index (χ0v) is 82.2. The van der Waals surface area contributed by atoms with Gasteiger partial charge in [-0.05, 0) is 225 Å². The minimum atomic E-state index is -5.67. The molecule has 2 radical (unpaired) electrons. The Morgan fingerprint density at radius 1 is 0.528 bits per heavy atom. The number of carbonyl (C=O) groups is 2. The molecule has 9 aliphatic rings. The fourth-order valence-electron chi connectivity index (χ4n) is 20.5. The number of esters is 2. The van der Waals surface area contributed by atoms with Gasteiger partial charge in [-0.3, -0.25) is 19.6 Å². The molecule has 1 N–H and O–H groups in total. The Labute approximate surface area is 791 Å². The van der Waals surface area contributed by atoms with E-state index in [9.17, 15) is 31.2 Å². The van der Waals surface area contributed by atoms with E-state index < -0.39 is 36.9 Å². The third-order valence-corrected chi connectivity index (χ3v) is 32.3. The fourth-order valence-corrected chi connectivity index (χ4v) is 25.7.